The maximum atomic E-state index is 13.5. The van der Waals surface area contributed by atoms with Crippen LogP contribution in [0.2, 0.25) is 0 Å². The third-order valence-corrected chi connectivity index (χ3v) is 8.32. The maximum absolute atomic E-state index is 13.5. The summed E-state index contributed by atoms with van der Waals surface area (Å²) in [6, 6.07) is 18.1. The number of rotatable bonds is 9. The van der Waals surface area contributed by atoms with E-state index in [1.807, 2.05) is 67.9 Å². The number of piperidine rings is 1. The SMILES string of the molecule is COc1ccccc1N1CCN(CCCNC(=O)c2cnn(-c3ccccc3)c2C2CCN(C(=O)OC(C)(C)C)CC2)CC1. The first-order valence-corrected chi connectivity index (χ1v) is 15.7. The van der Waals surface area contributed by atoms with Gasteiger partial charge < -0.3 is 24.6 Å². The third kappa shape index (κ3) is 7.72. The topological polar surface area (TPSA) is 92.2 Å². The second-order valence-electron chi connectivity index (χ2n) is 12.5. The number of ether oxygens (including phenoxy) is 2. The molecule has 3 heterocycles. The predicted molar refractivity (Wildman–Crippen MR) is 172 cm³/mol. The second kappa shape index (κ2) is 14.2. The van der Waals surface area contributed by atoms with E-state index in [0.29, 0.717) is 25.2 Å². The highest BCUT2D eigenvalue weighted by atomic mass is 16.6. The number of carbonyl (C=O) groups is 2. The zero-order chi connectivity index (χ0) is 31.1. The number of para-hydroxylation sites is 3. The molecule has 10 heteroatoms. The van der Waals surface area contributed by atoms with Gasteiger partial charge in [-0.1, -0.05) is 30.3 Å². The summed E-state index contributed by atoms with van der Waals surface area (Å²) >= 11 is 0. The van der Waals surface area contributed by atoms with Gasteiger partial charge in [-0.2, -0.15) is 5.10 Å². The highest BCUT2D eigenvalue weighted by molar-refractivity contribution is 5.95. The Morgan fingerprint density at radius 3 is 2.30 bits per heavy atom. The summed E-state index contributed by atoms with van der Waals surface area (Å²) in [5.41, 5.74) is 3.04. The molecule has 1 aromatic heterocycles. The highest BCUT2D eigenvalue weighted by Crippen LogP contribution is 2.33. The molecule has 2 aromatic carbocycles. The molecular weight excluding hydrogens is 556 g/mol. The molecule has 0 bridgehead atoms. The first-order chi connectivity index (χ1) is 21.2. The summed E-state index contributed by atoms with van der Waals surface area (Å²) < 4.78 is 13.0. The summed E-state index contributed by atoms with van der Waals surface area (Å²) in [5, 5.41) is 7.81. The number of piperazine rings is 1. The molecule has 2 aliphatic heterocycles. The van der Waals surface area contributed by atoms with Gasteiger partial charge in [0, 0.05) is 51.7 Å². The van der Waals surface area contributed by atoms with E-state index in [0.717, 1.165) is 74.8 Å². The molecule has 5 rings (SSSR count). The Hall–Kier alpha value is -4.05. The fraction of sp³-hybridized carbons (Fsp3) is 0.500. The van der Waals surface area contributed by atoms with E-state index in [9.17, 15) is 9.59 Å². The van der Waals surface area contributed by atoms with Gasteiger partial charge in [0.15, 0.2) is 0 Å². The molecule has 3 aromatic rings. The lowest BCUT2D eigenvalue weighted by Crippen LogP contribution is -2.47. The van der Waals surface area contributed by atoms with E-state index in [2.05, 4.69) is 32.3 Å². The van der Waals surface area contributed by atoms with Crippen LogP contribution in [0.5, 0.6) is 5.75 Å². The molecule has 2 fully saturated rings. The van der Waals surface area contributed by atoms with Crippen LogP contribution in [0.3, 0.4) is 0 Å². The molecule has 0 atom stereocenters. The van der Waals surface area contributed by atoms with Crippen LogP contribution in [-0.4, -0.2) is 96.6 Å². The van der Waals surface area contributed by atoms with E-state index in [1.165, 1.54) is 0 Å². The first kappa shape index (κ1) is 31.4. The van der Waals surface area contributed by atoms with Crippen LogP contribution < -0.4 is 15.0 Å². The number of amides is 2. The predicted octanol–water partition coefficient (Wildman–Crippen LogP) is 4.94. The first-order valence-electron chi connectivity index (χ1n) is 15.7. The molecule has 0 unspecified atom stereocenters. The number of hydrogen-bond donors (Lipinski definition) is 1. The smallest absolute Gasteiger partial charge is 0.410 e. The Morgan fingerprint density at radius 1 is 0.932 bits per heavy atom. The third-order valence-electron chi connectivity index (χ3n) is 8.32. The van der Waals surface area contributed by atoms with Gasteiger partial charge in [0.05, 0.1) is 35.9 Å². The number of benzene rings is 2. The van der Waals surface area contributed by atoms with Crippen LogP contribution in [-0.2, 0) is 4.74 Å². The van der Waals surface area contributed by atoms with Crippen molar-refractivity contribution in [2.75, 3.05) is 64.4 Å². The molecule has 2 amide bonds. The lowest BCUT2D eigenvalue weighted by atomic mass is 9.91. The van der Waals surface area contributed by atoms with Gasteiger partial charge in [-0.05, 0) is 70.8 Å². The van der Waals surface area contributed by atoms with Crippen molar-refractivity contribution in [2.24, 2.45) is 0 Å². The van der Waals surface area contributed by atoms with Gasteiger partial charge in [0.25, 0.3) is 5.91 Å². The van der Waals surface area contributed by atoms with Crippen molar-refractivity contribution < 1.29 is 19.1 Å². The summed E-state index contributed by atoms with van der Waals surface area (Å²) in [6.45, 7) is 12.2. The fourth-order valence-electron chi connectivity index (χ4n) is 6.07. The zero-order valence-corrected chi connectivity index (χ0v) is 26.5. The number of nitrogens with zero attached hydrogens (tertiary/aromatic N) is 5. The molecule has 2 saturated heterocycles. The van der Waals surface area contributed by atoms with Crippen molar-refractivity contribution in [3.05, 3.63) is 72.1 Å². The molecular formula is C34H46N6O4. The number of nitrogens with one attached hydrogen (secondary N) is 1. The van der Waals surface area contributed by atoms with Crippen LogP contribution in [0.15, 0.2) is 60.8 Å². The van der Waals surface area contributed by atoms with Crippen molar-refractivity contribution in [1.82, 2.24) is 24.9 Å². The van der Waals surface area contributed by atoms with Crippen LogP contribution in [0, 0.1) is 0 Å². The van der Waals surface area contributed by atoms with E-state index < -0.39 is 5.60 Å². The normalized spacial score (nSPS) is 16.5. The van der Waals surface area contributed by atoms with Crippen molar-refractivity contribution in [1.29, 1.82) is 0 Å². The average Bonchev–Trinajstić information content (AvgIpc) is 3.48. The standard InChI is InChI=1S/C34H46N6O4/c1-34(2,3)44-33(42)39-19-15-26(16-20-39)31-28(25-36-40(31)27-11-6-5-7-12-27)32(41)35-17-10-18-37-21-23-38(24-22-37)29-13-8-9-14-30(29)43-4/h5-9,11-14,25-26H,10,15-24H2,1-4H3,(H,35,41). The zero-order valence-electron chi connectivity index (χ0n) is 26.5. The van der Waals surface area contributed by atoms with Crippen LogP contribution in [0.1, 0.15) is 62.0 Å². The Balaban J connectivity index is 1.16. The minimum absolute atomic E-state index is 0.0941. The van der Waals surface area contributed by atoms with Gasteiger partial charge >= 0.3 is 6.09 Å². The monoisotopic (exact) mass is 602 g/mol. The molecule has 0 spiro atoms. The number of anilines is 1. The minimum Gasteiger partial charge on any atom is -0.495 e. The molecule has 0 saturated carbocycles. The van der Waals surface area contributed by atoms with Crippen molar-refractivity contribution >= 4 is 17.7 Å². The Morgan fingerprint density at radius 2 is 1.61 bits per heavy atom. The number of aromatic nitrogens is 2. The van der Waals surface area contributed by atoms with Gasteiger partial charge in [-0.25, -0.2) is 9.48 Å². The number of carbonyl (C=O) groups excluding carboxylic acids is 2. The Kier molecular flexibility index (Phi) is 10.1. The largest absolute Gasteiger partial charge is 0.495 e. The molecule has 0 aliphatic carbocycles. The van der Waals surface area contributed by atoms with Crippen LogP contribution >= 0.6 is 0 Å². The highest BCUT2D eigenvalue weighted by Gasteiger charge is 2.32. The van der Waals surface area contributed by atoms with Gasteiger partial charge in [-0.3, -0.25) is 9.69 Å². The van der Waals surface area contributed by atoms with Crippen LogP contribution in [0.4, 0.5) is 10.5 Å². The lowest BCUT2D eigenvalue weighted by Gasteiger charge is -2.36. The van der Waals surface area contributed by atoms with E-state index in [4.69, 9.17) is 9.47 Å². The van der Waals surface area contributed by atoms with E-state index in [-0.39, 0.29) is 17.9 Å². The van der Waals surface area contributed by atoms with Crippen molar-refractivity contribution in [3.8, 4) is 11.4 Å². The van der Waals surface area contributed by atoms with Gasteiger partial charge in [0.1, 0.15) is 11.4 Å². The van der Waals surface area contributed by atoms with Gasteiger partial charge in [0.2, 0.25) is 0 Å². The molecule has 0 radical (unpaired) electrons. The Bertz CT molecular complexity index is 1390. The minimum atomic E-state index is -0.532. The summed E-state index contributed by atoms with van der Waals surface area (Å²) in [7, 11) is 1.72. The number of methoxy groups -OCH3 is 1. The molecule has 2 aliphatic rings. The van der Waals surface area contributed by atoms with Gasteiger partial charge in [-0.15, -0.1) is 0 Å². The molecule has 236 valence electrons. The maximum Gasteiger partial charge on any atom is 0.410 e. The average molecular weight is 603 g/mol. The summed E-state index contributed by atoms with van der Waals surface area (Å²) in [6.07, 6.45) is 3.75. The van der Waals surface area contributed by atoms with E-state index in [1.54, 1.807) is 18.2 Å². The van der Waals surface area contributed by atoms with E-state index >= 15 is 0 Å². The molecule has 10 nitrogen and oxygen atoms in total. The fourth-order valence-corrected chi connectivity index (χ4v) is 6.07. The van der Waals surface area contributed by atoms with Crippen molar-refractivity contribution in [3.63, 3.8) is 0 Å². The number of hydrogen-bond acceptors (Lipinski definition) is 7. The van der Waals surface area contributed by atoms with Crippen molar-refractivity contribution in [2.45, 2.75) is 51.6 Å². The molecule has 44 heavy (non-hydrogen) atoms. The summed E-state index contributed by atoms with van der Waals surface area (Å²) in [5.74, 6) is 0.904. The molecule has 1 N–H and O–H groups in total. The number of likely N-dealkylation sites (tertiary alicyclic amines) is 1. The lowest BCUT2D eigenvalue weighted by molar-refractivity contribution is 0.0203. The Labute approximate surface area is 260 Å². The second-order valence-corrected chi connectivity index (χ2v) is 12.5. The summed E-state index contributed by atoms with van der Waals surface area (Å²) in [4.78, 5) is 32.8. The quantitative estimate of drug-likeness (QED) is 0.347. The van der Waals surface area contributed by atoms with Crippen LogP contribution in [0.25, 0.3) is 5.69 Å².